The van der Waals surface area contributed by atoms with Gasteiger partial charge in [-0.05, 0) is 35.9 Å². The minimum atomic E-state index is -0.260. The van der Waals surface area contributed by atoms with E-state index in [0.29, 0.717) is 17.9 Å². The van der Waals surface area contributed by atoms with Crippen molar-refractivity contribution < 1.29 is 9.13 Å². The number of pyridine rings is 1. The Hall–Kier alpha value is -3.67. The van der Waals surface area contributed by atoms with Crippen LogP contribution in [0.3, 0.4) is 0 Å². The fourth-order valence-corrected chi connectivity index (χ4v) is 2.87. The van der Waals surface area contributed by atoms with Crippen LogP contribution in [0.25, 0.3) is 11.3 Å². The van der Waals surface area contributed by atoms with Gasteiger partial charge in [-0.25, -0.2) is 13.9 Å². The summed E-state index contributed by atoms with van der Waals surface area (Å²) in [4.78, 5) is 4.27. The zero-order valence-electron chi connectivity index (χ0n) is 15.2. The van der Waals surface area contributed by atoms with Gasteiger partial charge in [-0.1, -0.05) is 36.9 Å². The van der Waals surface area contributed by atoms with Crippen molar-refractivity contribution in [2.24, 2.45) is 0 Å². The van der Waals surface area contributed by atoms with Crippen LogP contribution >= 0.6 is 0 Å². The van der Waals surface area contributed by atoms with Crippen LogP contribution in [-0.4, -0.2) is 14.6 Å². The van der Waals surface area contributed by atoms with Crippen molar-refractivity contribution >= 4 is 11.3 Å². The summed E-state index contributed by atoms with van der Waals surface area (Å²) in [6.07, 6.45) is 3.37. The predicted octanol–water partition coefficient (Wildman–Crippen LogP) is 4.21. The second-order valence-corrected chi connectivity index (χ2v) is 6.31. The largest absolute Gasteiger partial charge is 0.489 e. The number of nitrogens with one attached hydrogen (secondary N) is 1. The molecule has 6 heteroatoms. The second-order valence-electron chi connectivity index (χ2n) is 6.31. The van der Waals surface area contributed by atoms with Gasteiger partial charge in [-0.2, -0.15) is 5.10 Å². The van der Waals surface area contributed by atoms with Crippen LogP contribution in [0.1, 0.15) is 16.7 Å². The molecule has 5 nitrogen and oxygen atoms in total. The summed E-state index contributed by atoms with van der Waals surface area (Å²) < 4.78 is 21.0. The third-order valence-corrected chi connectivity index (χ3v) is 4.41. The van der Waals surface area contributed by atoms with Crippen molar-refractivity contribution in [3.05, 3.63) is 102 Å². The molecular weight excluding hydrogens is 355 g/mol. The van der Waals surface area contributed by atoms with Gasteiger partial charge in [0.2, 0.25) is 0 Å². The molecule has 140 valence electrons. The van der Waals surface area contributed by atoms with Gasteiger partial charge in [-0.3, -0.25) is 0 Å². The smallest absolute Gasteiger partial charge is 0.164 e. The van der Waals surface area contributed by atoms with Crippen molar-refractivity contribution in [1.82, 2.24) is 19.9 Å². The number of nitrogens with zero attached hydrogens (tertiary/aromatic N) is 3. The fraction of sp³-hybridized carbons (Fsp3) is 0.0909. The summed E-state index contributed by atoms with van der Waals surface area (Å²) in [5, 5.41) is 7.45. The summed E-state index contributed by atoms with van der Waals surface area (Å²) in [7, 11) is 0. The highest BCUT2D eigenvalue weighted by Gasteiger charge is 2.07. The van der Waals surface area contributed by atoms with E-state index in [4.69, 9.17) is 4.74 Å². The molecular formula is C22H19FN4O. The van der Waals surface area contributed by atoms with Crippen LogP contribution in [0.15, 0.2) is 79.8 Å². The number of ether oxygens (including phenoxy) is 1. The quantitative estimate of drug-likeness (QED) is 0.527. The number of halogens is 1. The molecule has 0 saturated heterocycles. The number of fused-ring (bicyclic) bond motifs is 1. The van der Waals surface area contributed by atoms with Crippen LogP contribution in [0.4, 0.5) is 4.39 Å². The fourth-order valence-electron chi connectivity index (χ4n) is 2.87. The highest BCUT2D eigenvalue weighted by atomic mass is 19.1. The van der Waals surface area contributed by atoms with Crippen LogP contribution in [0.2, 0.25) is 0 Å². The average molecular weight is 374 g/mol. The van der Waals surface area contributed by atoms with Gasteiger partial charge in [0.05, 0.1) is 0 Å². The van der Waals surface area contributed by atoms with Crippen molar-refractivity contribution in [3.8, 4) is 5.75 Å². The van der Waals surface area contributed by atoms with Gasteiger partial charge < -0.3 is 10.1 Å². The maximum Gasteiger partial charge on any atom is 0.164 e. The van der Waals surface area contributed by atoms with Gasteiger partial charge in [-0.15, -0.1) is 0 Å². The number of benzene rings is 2. The van der Waals surface area contributed by atoms with Gasteiger partial charge in [0, 0.05) is 29.6 Å². The molecule has 0 aliphatic carbocycles. The molecule has 0 atom stereocenters. The number of rotatable bonds is 7. The van der Waals surface area contributed by atoms with E-state index in [9.17, 15) is 4.39 Å². The van der Waals surface area contributed by atoms with Crippen molar-refractivity contribution in [1.29, 1.82) is 0 Å². The molecule has 28 heavy (non-hydrogen) atoms. The van der Waals surface area contributed by atoms with E-state index in [1.807, 2.05) is 42.6 Å². The lowest BCUT2D eigenvalue weighted by Crippen LogP contribution is -2.11. The monoisotopic (exact) mass is 374 g/mol. The molecule has 4 aromatic rings. The van der Waals surface area contributed by atoms with Crippen LogP contribution in [-0.2, 0) is 13.2 Å². The summed E-state index contributed by atoms with van der Waals surface area (Å²) in [6.45, 7) is 4.92. The zero-order valence-corrected chi connectivity index (χ0v) is 15.2. The molecule has 2 aromatic heterocycles. The molecule has 0 aliphatic heterocycles. The molecule has 0 aliphatic rings. The first-order valence-corrected chi connectivity index (χ1v) is 8.87. The van der Waals surface area contributed by atoms with Crippen LogP contribution < -0.4 is 10.1 Å². The first-order valence-electron chi connectivity index (χ1n) is 8.87. The SMILES string of the molecule is C=C(NCc1ccc(OCc2ccccc2F)cc1)c1cccn2ncnc12. The Kier molecular flexibility index (Phi) is 5.01. The Morgan fingerprint density at radius 2 is 1.89 bits per heavy atom. The van der Waals surface area contributed by atoms with Crippen LogP contribution in [0.5, 0.6) is 5.75 Å². The van der Waals surface area contributed by atoms with E-state index >= 15 is 0 Å². The number of hydrogen-bond donors (Lipinski definition) is 1. The maximum atomic E-state index is 13.6. The van der Waals surface area contributed by atoms with E-state index in [0.717, 1.165) is 22.5 Å². The summed E-state index contributed by atoms with van der Waals surface area (Å²) in [5.74, 6) is 0.434. The standard InChI is InChI=1S/C22H19FN4O/c1-16(20-6-4-12-27-22(20)25-15-26-27)24-13-17-8-10-19(11-9-17)28-14-18-5-2-3-7-21(18)23/h2-12,15,24H,1,13-14H2. The Morgan fingerprint density at radius 1 is 1.07 bits per heavy atom. The second kappa shape index (κ2) is 7.92. The van der Waals surface area contributed by atoms with E-state index in [-0.39, 0.29) is 12.4 Å². The molecule has 0 bridgehead atoms. The summed E-state index contributed by atoms with van der Waals surface area (Å²) in [5.41, 5.74) is 4.06. The molecule has 0 saturated carbocycles. The van der Waals surface area contributed by atoms with Crippen LogP contribution in [0, 0.1) is 5.82 Å². The van der Waals surface area contributed by atoms with Crippen molar-refractivity contribution in [2.45, 2.75) is 13.2 Å². The van der Waals surface area contributed by atoms with E-state index in [1.165, 1.54) is 12.4 Å². The Morgan fingerprint density at radius 3 is 2.71 bits per heavy atom. The normalized spacial score (nSPS) is 10.8. The Balaban J connectivity index is 1.35. The predicted molar refractivity (Wildman–Crippen MR) is 106 cm³/mol. The van der Waals surface area contributed by atoms with E-state index in [1.54, 1.807) is 22.7 Å². The number of hydrogen-bond acceptors (Lipinski definition) is 4. The van der Waals surface area contributed by atoms with Crippen molar-refractivity contribution in [2.75, 3.05) is 0 Å². The van der Waals surface area contributed by atoms with Crippen molar-refractivity contribution in [3.63, 3.8) is 0 Å². The topological polar surface area (TPSA) is 51.5 Å². The minimum absolute atomic E-state index is 0.198. The third-order valence-electron chi connectivity index (χ3n) is 4.41. The molecule has 4 rings (SSSR count). The Labute approximate surface area is 162 Å². The highest BCUT2D eigenvalue weighted by molar-refractivity contribution is 5.72. The lowest BCUT2D eigenvalue weighted by atomic mass is 10.2. The molecule has 2 aromatic carbocycles. The lowest BCUT2D eigenvalue weighted by Gasteiger charge is -2.11. The van der Waals surface area contributed by atoms with Gasteiger partial charge in [0.15, 0.2) is 5.65 Å². The summed E-state index contributed by atoms with van der Waals surface area (Å²) >= 11 is 0. The van der Waals surface area contributed by atoms with Gasteiger partial charge >= 0.3 is 0 Å². The maximum absolute atomic E-state index is 13.6. The third kappa shape index (κ3) is 3.86. The molecule has 0 radical (unpaired) electrons. The molecule has 0 unspecified atom stereocenters. The molecule has 1 N–H and O–H groups in total. The van der Waals surface area contributed by atoms with E-state index < -0.39 is 0 Å². The molecule has 0 amide bonds. The minimum Gasteiger partial charge on any atom is -0.489 e. The zero-order chi connectivity index (χ0) is 19.3. The first kappa shape index (κ1) is 17.7. The number of aromatic nitrogens is 3. The van der Waals surface area contributed by atoms with Gasteiger partial charge in [0.25, 0.3) is 0 Å². The van der Waals surface area contributed by atoms with Gasteiger partial charge in [0.1, 0.15) is 24.5 Å². The average Bonchev–Trinajstić information content (AvgIpc) is 3.21. The molecule has 0 fully saturated rings. The molecule has 2 heterocycles. The summed E-state index contributed by atoms with van der Waals surface area (Å²) in [6, 6.07) is 18.2. The van der Waals surface area contributed by atoms with E-state index in [2.05, 4.69) is 22.0 Å². The first-order chi connectivity index (χ1) is 13.7. The highest BCUT2D eigenvalue weighted by Crippen LogP contribution is 2.18. The molecule has 0 spiro atoms. The Bertz CT molecular complexity index is 1100. The lowest BCUT2D eigenvalue weighted by molar-refractivity contribution is 0.300.